The fraction of sp³-hybridized carbons (Fsp3) is 0.889. The number of carboxylic acids is 1. The van der Waals surface area contributed by atoms with Crippen LogP contribution in [-0.2, 0) is 29.5 Å². The molecular formula is C18H34O8S. The molecule has 27 heavy (non-hydrogen) atoms. The average molecular weight is 411 g/mol. The first-order valence-electron chi connectivity index (χ1n) is 9.63. The Bertz CT molecular complexity index is 532. The molecule has 0 aliphatic heterocycles. The number of carbonyl (C=O) groups excluding carboxylic acids is 1. The lowest BCUT2D eigenvalue weighted by molar-refractivity contribution is -0.332. The molecule has 0 saturated heterocycles. The summed E-state index contributed by atoms with van der Waals surface area (Å²) in [6.07, 6.45) is 8.22. The van der Waals surface area contributed by atoms with E-state index in [9.17, 15) is 18.0 Å². The third-order valence-corrected chi connectivity index (χ3v) is 5.50. The summed E-state index contributed by atoms with van der Waals surface area (Å²) in [6, 6.07) is 0. The number of hydrogen-bond donors (Lipinski definition) is 2. The number of hydrogen-bond acceptors (Lipinski definition) is 6. The van der Waals surface area contributed by atoms with E-state index in [1.165, 1.54) is 0 Å². The molecule has 0 aliphatic rings. The minimum atomic E-state index is -4.91. The van der Waals surface area contributed by atoms with Crippen LogP contribution in [0, 0.1) is 0 Å². The van der Waals surface area contributed by atoms with Crippen LogP contribution in [-0.4, -0.2) is 40.9 Å². The van der Waals surface area contributed by atoms with E-state index in [-0.39, 0.29) is 0 Å². The van der Waals surface area contributed by atoms with Gasteiger partial charge in [-0.25, -0.2) is 4.79 Å². The average Bonchev–Trinajstić information content (AvgIpc) is 2.57. The van der Waals surface area contributed by atoms with Crippen LogP contribution in [0.25, 0.3) is 0 Å². The molecule has 1 atom stereocenters. The first-order chi connectivity index (χ1) is 12.6. The fourth-order valence-corrected chi connectivity index (χ4v) is 3.36. The Morgan fingerprint density at radius 3 is 1.81 bits per heavy atom. The summed E-state index contributed by atoms with van der Waals surface area (Å²) < 4.78 is 31.6. The monoisotopic (exact) mass is 410 g/mol. The second kappa shape index (κ2) is 13.1. The van der Waals surface area contributed by atoms with Crippen LogP contribution in [0.1, 0.15) is 91.4 Å². The number of carboxylic acid groups (broad SMARTS) is 1. The van der Waals surface area contributed by atoms with Crippen LogP contribution >= 0.6 is 0 Å². The quantitative estimate of drug-likeness (QED) is 0.170. The van der Waals surface area contributed by atoms with Crippen LogP contribution in [0.4, 0.5) is 0 Å². The van der Waals surface area contributed by atoms with Crippen LogP contribution in [0.3, 0.4) is 0 Å². The van der Waals surface area contributed by atoms with E-state index in [1.54, 1.807) is 6.92 Å². The highest BCUT2D eigenvalue weighted by Gasteiger charge is 2.37. The molecule has 9 heteroatoms. The van der Waals surface area contributed by atoms with E-state index < -0.39 is 39.3 Å². The second-order valence-electron chi connectivity index (χ2n) is 7.16. The van der Waals surface area contributed by atoms with E-state index in [0.717, 1.165) is 51.4 Å². The molecule has 0 spiro atoms. The van der Waals surface area contributed by atoms with Crippen LogP contribution < -0.4 is 0 Å². The summed E-state index contributed by atoms with van der Waals surface area (Å²) in [5.41, 5.74) is -0.788. The lowest BCUT2D eigenvalue weighted by atomic mass is 9.92. The Morgan fingerprint density at radius 2 is 1.44 bits per heavy atom. The molecule has 0 bridgehead atoms. The Morgan fingerprint density at radius 1 is 0.963 bits per heavy atom. The summed E-state index contributed by atoms with van der Waals surface area (Å²) >= 11 is 0. The third-order valence-electron chi connectivity index (χ3n) is 4.43. The zero-order chi connectivity index (χ0) is 20.9. The topological polar surface area (TPSA) is 127 Å². The lowest BCUT2D eigenvalue weighted by Crippen LogP contribution is -2.37. The van der Waals surface area contributed by atoms with Gasteiger partial charge in [0.2, 0.25) is 0 Å². The standard InChI is InChI=1S/C18H34O8S/c1-4-6-8-10-12-18(3,13-11-9-7-5-2)26-25-17(21)15(14-16(19)20)27(22,23)24/h15H,4-14H2,1-3H3,(H,19,20)(H,22,23,24). The SMILES string of the molecule is CCCCCCC(C)(CCCCCC)OOC(=O)C(CC(=O)O)S(=O)(=O)O. The summed E-state index contributed by atoms with van der Waals surface area (Å²) in [5.74, 6) is -2.97. The van der Waals surface area contributed by atoms with Gasteiger partial charge < -0.3 is 5.11 Å². The predicted octanol–water partition coefficient (Wildman–Crippen LogP) is 3.89. The number of carbonyl (C=O) groups is 2. The van der Waals surface area contributed by atoms with Crippen molar-refractivity contribution in [3.63, 3.8) is 0 Å². The molecule has 0 aliphatic carbocycles. The summed E-state index contributed by atoms with van der Waals surface area (Å²) in [5, 5.41) is 6.52. The number of aliphatic carboxylic acids is 1. The van der Waals surface area contributed by atoms with Crippen molar-refractivity contribution in [1.82, 2.24) is 0 Å². The molecule has 160 valence electrons. The van der Waals surface area contributed by atoms with E-state index in [0.29, 0.717) is 12.8 Å². The second-order valence-corrected chi connectivity index (χ2v) is 8.76. The molecule has 0 rings (SSSR count). The minimum absolute atomic E-state index is 0.627. The van der Waals surface area contributed by atoms with Gasteiger partial charge in [0.05, 0.1) is 6.42 Å². The van der Waals surface area contributed by atoms with Gasteiger partial charge in [-0.15, -0.1) is 0 Å². The van der Waals surface area contributed by atoms with Crippen molar-refractivity contribution in [2.45, 2.75) is 102 Å². The maximum Gasteiger partial charge on any atom is 0.363 e. The number of rotatable bonds is 16. The smallest absolute Gasteiger partial charge is 0.363 e. The van der Waals surface area contributed by atoms with Gasteiger partial charge in [0.1, 0.15) is 5.60 Å². The largest absolute Gasteiger partial charge is 0.481 e. The van der Waals surface area contributed by atoms with Crippen molar-refractivity contribution >= 4 is 22.1 Å². The lowest BCUT2D eigenvalue weighted by Gasteiger charge is -2.28. The van der Waals surface area contributed by atoms with E-state index in [4.69, 9.17) is 14.5 Å². The maximum atomic E-state index is 12.0. The highest BCUT2D eigenvalue weighted by Crippen LogP contribution is 2.27. The van der Waals surface area contributed by atoms with Crippen molar-refractivity contribution in [2.75, 3.05) is 0 Å². The van der Waals surface area contributed by atoms with Crippen molar-refractivity contribution < 1.29 is 37.4 Å². The Hall–Kier alpha value is -1.19. The van der Waals surface area contributed by atoms with Crippen LogP contribution in [0.5, 0.6) is 0 Å². The van der Waals surface area contributed by atoms with Gasteiger partial charge in [0.25, 0.3) is 10.1 Å². The molecule has 0 heterocycles. The van der Waals surface area contributed by atoms with E-state index >= 15 is 0 Å². The highest BCUT2D eigenvalue weighted by molar-refractivity contribution is 7.87. The fourth-order valence-electron chi connectivity index (χ4n) is 2.72. The molecule has 0 fully saturated rings. The molecule has 0 radical (unpaired) electrons. The van der Waals surface area contributed by atoms with Gasteiger partial charge >= 0.3 is 11.9 Å². The molecule has 1 unspecified atom stereocenters. The van der Waals surface area contributed by atoms with Gasteiger partial charge in [-0.1, -0.05) is 65.2 Å². The molecule has 8 nitrogen and oxygen atoms in total. The highest BCUT2D eigenvalue weighted by atomic mass is 32.2. The number of unbranched alkanes of at least 4 members (excludes halogenated alkanes) is 6. The van der Waals surface area contributed by atoms with Crippen molar-refractivity contribution in [3.05, 3.63) is 0 Å². The van der Waals surface area contributed by atoms with E-state index in [2.05, 4.69) is 18.7 Å². The molecule has 2 N–H and O–H groups in total. The summed E-state index contributed by atoms with van der Waals surface area (Å²) in [6.45, 7) is 5.98. The molecule has 0 aromatic carbocycles. The minimum Gasteiger partial charge on any atom is -0.481 e. The Labute approximate surface area is 162 Å². The zero-order valence-electron chi connectivity index (χ0n) is 16.6. The van der Waals surface area contributed by atoms with Gasteiger partial charge in [0, 0.05) is 0 Å². The maximum absolute atomic E-state index is 12.0. The Balaban J connectivity index is 4.90. The van der Waals surface area contributed by atoms with Gasteiger partial charge in [0.15, 0.2) is 5.25 Å². The Kier molecular flexibility index (Phi) is 12.5. The first kappa shape index (κ1) is 25.8. The molecule has 0 amide bonds. The molecule has 0 aromatic rings. The van der Waals surface area contributed by atoms with Crippen molar-refractivity contribution in [3.8, 4) is 0 Å². The normalized spacial score (nSPS) is 13.3. The van der Waals surface area contributed by atoms with Gasteiger partial charge in [-0.05, 0) is 19.8 Å². The zero-order valence-corrected chi connectivity index (χ0v) is 17.4. The van der Waals surface area contributed by atoms with Crippen molar-refractivity contribution in [2.24, 2.45) is 0 Å². The third kappa shape index (κ3) is 12.0. The first-order valence-corrected chi connectivity index (χ1v) is 11.1. The van der Waals surface area contributed by atoms with Crippen LogP contribution in [0.2, 0.25) is 0 Å². The van der Waals surface area contributed by atoms with E-state index in [1.807, 2.05) is 0 Å². The van der Waals surface area contributed by atoms with Crippen LogP contribution in [0.15, 0.2) is 0 Å². The molecule has 0 aromatic heterocycles. The summed E-state index contributed by atoms with van der Waals surface area (Å²) in [7, 11) is -4.91. The van der Waals surface area contributed by atoms with Gasteiger partial charge in [-0.3, -0.25) is 14.2 Å². The predicted molar refractivity (Wildman–Crippen MR) is 101 cm³/mol. The van der Waals surface area contributed by atoms with Crippen molar-refractivity contribution in [1.29, 1.82) is 0 Å². The molecule has 0 saturated carbocycles. The summed E-state index contributed by atoms with van der Waals surface area (Å²) in [4.78, 5) is 32.7. The van der Waals surface area contributed by atoms with Gasteiger partial charge in [-0.2, -0.15) is 13.3 Å². The molecular weight excluding hydrogens is 376 g/mol.